The fourth-order valence-electron chi connectivity index (χ4n) is 2.22. The number of carbonyl (C=O) groups excluding carboxylic acids is 1. The zero-order valence-electron chi connectivity index (χ0n) is 10.0. The van der Waals surface area contributed by atoms with E-state index in [0.717, 1.165) is 12.1 Å². The summed E-state index contributed by atoms with van der Waals surface area (Å²) in [5.41, 5.74) is 0.589. The smallest absolute Gasteiger partial charge is 0.312 e. The highest BCUT2D eigenvalue weighted by atomic mass is 19.4. The van der Waals surface area contributed by atoms with Crippen LogP contribution in [0.1, 0.15) is 30.9 Å². The summed E-state index contributed by atoms with van der Waals surface area (Å²) in [6.45, 7) is 2.34. The molecule has 0 atom stereocenters. The lowest BCUT2D eigenvalue weighted by Crippen LogP contribution is -2.35. The summed E-state index contributed by atoms with van der Waals surface area (Å²) in [6, 6.07) is 3.61. The van der Waals surface area contributed by atoms with Crippen LogP contribution in [0.4, 0.5) is 18.9 Å². The van der Waals surface area contributed by atoms with Gasteiger partial charge in [0.2, 0.25) is 5.91 Å². The van der Waals surface area contributed by atoms with Crippen LogP contribution in [-0.4, -0.2) is 12.5 Å². The number of hydrogen-bond donors (Lipinski definition) is 0. The van der Waals surface area contributed by atoms with Gasteiger partial charge in [0.05, 0.1) is 5.56 Å². The lowest BCUT2D eigenvalue weighted by molar-refractivity contribution is -0.137. The van der Waals surface area contributed by atoms with E-state index in [9.17, 15) is 18.0 Å². The van der Waals surface area contributed by atoms with Crippen molar-refractivity contribution in [1.82, 2.24) is 0 Å². The summed E-state index contributed by atoms with van der Waals surface area (Å²) >= 11 is 0. The number of hydrogen-bond acceptors (Lipinski definition) is 1. The Morgan fingerprint density at radius 2 is 2.11 bits per heavy atom. The van der Waals surface area contributed by atoms with Gasteiger partial charge in [0.15, 0.2) is 0 Å². The molecule has 0 N–H and O–H groups in total. The topological polar surface area (TPSA) is 20.3 Å². The van der Waals surface area contributed by atoms with E-state index >= 15 is 0 Å². The van der Waals surface area contributed by atoms with Crippen LogP contribution >= 0.6 is 0 Å². The molecule has 2 nitrogen and oxygen atoms in total. The van der Waals surface area contributed by atoms with Crippen molar-refractivity contribution < 1.29 is 18.0 Å². The van der Waals surface area contributed by atoms with Gasteiger partial charge in [-0.3, -0.25) is 4.79 Å². The van der Waals surface area contributed by atoms with Gasteiger partial charge >= 0.3 is 6.18 Å². The number of amides is 1. The largest absolute Gasteiger partial charge is 0.416 e. The number of benzene rings is 1. The maximum Gasteiger partial charge on any atom is 0.416 e. The molecule has 0 radical (unpaired) electrons. The van der Waals surface area contributed by atoms with Gasteiger partial charge in [0, 0.05) is 18.7 Å². The van der Waals surface area contributed by atoms with Crippen LogP contribution in [0.5, 0.6) is 0 Å². The lowest BCUT2D eigenvalue weighted by atomic mass is 9.98. The molecular weight excluding hydrogens is 243 g/mol. The third-order valence-electron chi connectivity index (χ3n) is 3.13. The highest BCUT2D eigenvalue weighted by Gasteiger charge is 2.32. The summed E-state index contributed by atoms with van der Waals surface area (Å²) in [4.78, 5) is 13.3. The van der Waals surface area contributed by atoms with Crippen LogP contribution in [0.3, 0.4) is 0 Å². The zero-order valence-corrected chi connectivity index (χ0v) is 10.0. The van der Waals surface area contributed by atoms with E-state index in [1.165, 1.54) is 6.07 Å². The number of alkyl halides is 3. The van der Waals surface area contributed by atoms with E-state index in [1.54, 1.807) is 11.8 Å². The lowest BCUT2D eigenvalue weighted by Gasteiger charge is -2.29. The monoisotopic (exact) mass is 257 g/mol. The van der Waals surface area contributed by atoms with Gasteiger partial charge in [0.1, 0.15) is 0 Å². The molecule has 1 aromatic rings. The van der Waals surface area contributed by atoms with Crippen molar-refractivity contribution in [1.29, 1.82) is 0 Å². The second-order valence-corrected chi connectivity index (χ2v) is 4.34. The average Bonchev–Trinajstić information content (AvgIpc) is 2.35. The average molecular weight is 257 g/mol. The van der Waals surface area contributed by atoms with E-state index in [-0.39, 0.29) is 5.91 Å². The Bertz CT molecular complexity index is 468. The first-order chi connectivity index (χ1) is 8.43. The number of halogens is 3. The Balaban J connectivity index is 2.40. The predicted molar refractivity (Wildman–Crippen MR) is 62.4 cm³/mol. The van der Waals surface area contributed by atoms with E-state index in [0.29, 0.717) is 37.1 Å². The number of nitrogens with zero attached hydrogens (tertiary/aromatic N) is 1. The van der Waals surface area contributed by atoms with Crippen molar-refractivity contribution >= 4 is 11.6 Å². The molecule has 5 heteroatoms. The molecule has 98 valence electrons. The maximum absolute atomic E-state index is 12.6. The highest BCUT2D eigenvalue weighted by molar-refractivity contribution is 5.94. The Morgan fingerprint density at radius 1 is 1.39 bits per heavy atom. The molecule has 0 bridgehead atoms. The van der Waals surface area contributed by atoms with Gasteiger partial charge in [-0.2, -0.15) is 13.2 Å². The number of carbonyl (C=O) groups is 1. The first kappa shape index (κ1) is 12.9. The van der Waals surface area contributed by atoms with Crippen molar-refractivity contribution in [3.05, 3.63) is 29.3 Å². The third-order valence-corrected chi connectivity index (χ3v) is 3.13. The molecule has 2 rings (SSSR count). The van der Waals surface area contributed by atoms with Crippen LogP contribution in [0.25, 0.3) is 0 Å². The number of anilines is 1. The highest BCUT2D eigenvalue weighted by Crippen LogP contribution is 2.35. The van der Waals surface area contributed by atoms with Gasteiger partial charge < -0.3 is 4.90 Å². The summed E-state index contributed by atoms with van der Waals surface area (Å²) in [6.07, 6.45) is -2.67. The standard InChI is InChI=1S/C13H14F3NO/c1-2-12(18)17-7-3-4-9-8-10(13(14,15)16)5-6-11(9)17/h5-6,8H,2-4,7H2,1H3. The van der Waals surface area contributed by atoms with E-state index in [4.69, 9.17) is 0 Å². The predicted octanol–water partition coefficient (Wildman–Crippen LogP) is 3.39. The zero-order chi connectivity index (χ0) is 13.3. The quantitative estimate of drug-likeness (QED) is 0.755. The second-order valence-electron chi connectivity index (χ2n) is 4.34. The SMILES string of the molecule is CCC(=O)N1CCCc2cc(C(F)(F)F)ccc21. The Morgan fingerprint density at radius 3 is 2.72 bits per heavy atom. The molecule has 1 aliphatic rings. The molecule has 0 unspecified atom stereocenters. The molecule has 1 aromatic carbocycles. The van der Waals surface area contributed by atoms with Gasteiger partial charge in [0.25, 0.3) is 0 Å². The van der Waals surface area contributed by atoms with Crippen LogP contribution in [0.2, 0.25) is 0 Å². The molecule has 1 amide bonds. The van der Waals surface area contributed by atoms with Crippen LogP contribution < -0.4 is 4.90 Å². The minimum absolute atomic E-state index is 0.0456. The van der Waals surface area contributed by atoms with E-state index < -0.39 is 11.7 Å². The summed E-state index contributed by atoms with van der Waals surface area (Å²) in [7, 11) is 0. The first-order valence-corrected chi connectivity index (χ1v) is 5.94. The molecule has 0 spiro atoms. The summed E-state index contributed by atoms with van der Waals surface area (Å²) in [5.74, 6) is -0.0456. The van der Waals surface area contributed by atoms with Gasteiger partial charge in [-0.15, -0.1) is 0 Å². The van der Waals surface area contributed by atoms with Crippen molar-refractivity contribution in [2.45, 2.75) is 32.4 Å². The van der Waals surface area contributed by atoms with Crippen LogP contribution in [0, 0.1) is 0 Å². The summed E-state index contributed by atoms with van der Waals surface area (Å²) in [5, 5.41) is 0. The first-order valence-electron chi connectivity index (χ1n) is 5.94. The molecule has 0 aliphatic carbocycles. The third kappa shape index (κ3) is 2.35. The van der Waals surface area contributed by atoms with Crippen LogP contribution in [0.15, 0.2) is 18.2 Å². The molecule has 0 fully saturated rings. The van der Waals surface area contributed by atoms with E-state index in [1.807, 2.05) is 0 Å². The number of aryl methyl sites for hydroxylation is 1. The Kier molecular flexibility index (Phi) is 3.32. The molecule has 0 saturated heterocycles. The summed E-state index contributed by atoms with van der Waals surface area (Å²) < 4.78 is 37.8. The minimum atomic E-state index is -4.33. The van der Waals surface area contributed by atoms with Crippen molar-refractivity contribution in [3.63, 3.8) is 0 Å². The van der Waals surface area contributed by atoms with Crippen molar-refractivity contribution in [2.75, 3.05) is 11.4 Å². The van der Waals surface area contributed by atoms with Gasteiger partial charge in [-0.1, -0.05) is 6.92 Å². The molecule has 1 aliphatic heterocycles. The van der Waals surface area contributed by atoms with Crippen molar-refractivity contribution in [3.8, 4) is 0 Å². The molecule has 1 heterocycles. The normalized spacial score (nSPS) is 15.4. The molecule has 0 aromatic heterocycles. The maximum atomic E-state index is 12.6. The van der Waals surface area contributed by atoms with Gasteiger partial charge in [-0.05, 0) is 36.6 Å². The minimum Gasteiger partial charge on any atom is -0.312 e. The van der Waals surface area contributed by atoms with E-state index in [2.05, 4.69) is 0 Å². The number of rotatable bonds is 1. The molecular formula is C13H14F3NO. The fraction of sp³-hybridized carbons (Fsp3) is 0.462. The molecule has 0 saturated carbocycles. The molecule has 18 heavy (non-hydrogen) atoms. The fourth-order valence-corrected chi connectivity index (χ4v) is 2.22. The Labute approximate surface area is 103 Å². The number of fused-ring (bicyclic) bond motifs is 1. The van der Waals surface area contributed by atoms with Gasteiger partial charge in [-0.25, -0.2) is 0 Å². The van der Waals surface area contributed by atoms with Crippen molar-refractivity contribution in [2.24, 2.45) is 0 Å². The van der Waals surface area contributed by atoms with Crippen LogP contribution in [-0.2, 0) is 17.4 Å². The Hall–Kier alpha value is -1.52. The second kappa shape index (κ2) is 4.63.